The van der Waals surface area contributed by atoms with Gasteiger partial charge in [-0.1, -0.05) is 11.6 Å². The molecule has 28 heavy (non-hydrogen) atoms. The average molecular weight is 420 g/mol. The quantitative estimate of drug-likeness (QED) is 0.650. The molecule has 2 heterocycles. The smallest absolute Gasteiger partial charge is 0.255 e. The average Bonchev–Trinajstić information content (AvgIpc) is 3.10. The zero-order valence-corrected chi connectivity index (χ0v) is 16.9. The predicted molar refractivity (Wildman–Crippen MR) is 110 cm³/mol. The van der Waals surface area contributed by atoms with Gasteiger partial charge in [0.15, 0.2) is 0 Å². The number of carbonyl (C=O) groups is 1. The summed E-state index contributed by atoms with van der Waals surface area (Å²) in [6, 6.07) is 5.98. The van der Waals surface area contributed by atoms with Gasteiger partial charge in [-0.3, -0.25) is 4.79 Å². The number of fused-ring (bicyclic) bond motifs is 1. The fraction of sp³-hybridized carbons (Fsp3) is 0.300. The molecule has 0 bridgehead atoms. The lowest BCUT2D eigenvalue weighted by atomic mass is 9.99. The van der Waals surface area contributed by atoms with Crippen molar-refractivity contribution in [1.82, 2.24) is 14.6 Å². The molecule has 4 rings (SSSR count). The maximum atomic E-state index is 14.6. The number of hydrogen-bond donors (Lipinski definition) is 2. The van der Waals surface area contributed by atoms with Crippen LogP contribution in [0.4, 0.5) is 4.39 Å². The molecule has 8 heteroatoms. The lowest BCUT2D eigenvalue weighted by Crippen LogP contribution is -2.56. The van der Waals surface area contributed by atoms with E-state index in [9.17, 15) is 14.3 Å². The summed E-state index contributed by atoms with van der Waals surface area (Å²) in [5, 5.41) is 13.8. The minimum atomic E-state index is -0.643. The van der Waals surface area contributed by atoms with Gasteiger partial charge in [0, 0.05) is 48.4 Å². The first kappa shape index (κ1) is 19.1. The van der Waals surface area contributed by atoms with Crippen molar-refractivity contribution in [2.75, 3.05) is 13.1 Å². The Bertz CT molecular complexity index is 1050. The molecule has 0 radical (unpaired) electrons. The number of amides is 1. The van der Waals surface area contributed by atoms with Crippen LogP contribution in [0.5, 0.6) is 5.75 Å². The Kier molecular flexibility index (Phi) is 4.99. The molecule has 2 aromatic carbocycles. The minimum absolute atomic E-state index is 0.0457. The van der Waals surface area contributed by atoms with Crippen molar-refractivity contribution in [1.29, 1.82) is 0 Å². The van der Waals surface area contributed by atoms with Gasteiger partial charge in [-0.05, 0) is 49.1 Å². The predicted octanol–water partition coefficient (Wildman–Crippen LogP) is 4.28. The first-order chi connectivity index (χ1) is 13.3. The van der Waals surface area contributed by atoms with Crippen LogP contribution < -0.4 is 5.32 Å². The molecule has 3 aromatic rings. The summed E-state index contributed by atoms with van der Waals surface area (Å²) in [5.74, 6) is -0.994. The van der Waals surface area contributed by atoms with E-state index in [1.165, 1.54) is 17.6 Å². The molecule has 5 nitrogen and oxygen atoms in total. The Morgan fingerprint density at radius 1 is 1.36 bits per heavy atom. The Morgan fingerprint density at radius 3 is 2.89 bits per heavy atom. The van der Waals surface area contributed by atoms with Gasteiger partial charge in [-0.2, -0.15) is 4.37 Å². The van der Waals surface area contributed by atoms with Crippen LogP contribution in [0.15, 0.2) is 30.5 Å². The number of aromatic hydroxyl groups is 1. The Morgan fingerprint density at radius 2 is 2.14 bits per heavy atom. The first-order valence-electron chi connectivity index (χ1n) is 8.96. The van der Waals surface area contributed by atoms with Crippen molar-refractivity contribution in [3.8, 4) is 16.9 Å². The number of nitrogens with zero attached hydrogens (tertiary/aromatic N) is 2. The molecule has 1 amide bonds. The highest BCUT2D eigenvalue weighted by molar-refractivity contribution is 7.13. The fourth-order valence-electron chi connectivity index (χ4n) is 3.58. The van der Waals surface area contributed by atoms with Crippen LogP contribution in [0.25, 0.3) is 21.2 Å². The summed E-state index contributed by atoms with van der Waals surface area (Å²) in [5.41, 5.74) is 1.12. The van der Waals surface area contributed by atoms with Crippen molar-refractivity contribution in [3.63, 3.8) is 0 Å². The minimum Gasteiger partial charge on any atom is -0.508 e. The molecule has 0 aliphatic carbocycles. The first-order valence-corrected chi connectivity index (χ1v) is 10.1. The SMILES string of the molecule is C[C@@H]1CN(C(=O)c2cc(-c3c(F)cc(O)cc3Cl)cc3cnsc23)[C@@H](C)CN1. The summed E-state index contributed by atoms with van der Waals surface area (Å²) < 4.78 is 19.5. The van der Waals surface area contributed by atoms with Gasteiger partial charge < -0.3 is 15.3 Å². The molecule has 1 saturated heterocycles. The summed E-state index contributed by atoms with van der Waals surface area (Å²) in [6.07, 6.45) is 1.66. The number of halogens is 2. The van der Waals surface area contributed by atoms with Crippen molar-refractivity contribution < 1.29 is 14.3 Å². The van der Waals surface area contributed by atoms with Crippen LogP contribution >= 0.6 is 23.1 Å². The van der Waals surface area contributed by atoms with Gasteiger partial charge in [-0.25, -0.2) is 4.39 Å². The van der Waals surface area contributed by atoms with Gasteiger partial charge in [0.2, 0.25) is 0 Å². The van der Waals surface area contributed by atoms with E-state index in [1.807, 2.05) is 18.7 Å². The van der Waals surface area contributed by atoms with Crippen LogP contribution in [0.1, 0.15) is 24.2 Å². The molecule has 0 spiro atoms. The number of phenolic OH excluding ortho intramolecular Hbond substituents is 1. The summed E-state index contributed by atoms with van der Waals surface area (Å²) in [4.78, 5) is 15.2. The van der Waals surface area contributed by atoms with E-state index < -0.39 is 5.82 Å². The van der Waals surface area contributed by atoms with Crippen molar-refractivity contribution in [3.05, 3.63) is 46.9 Å². The Balaban J connectivity index is 1.86. The third-order valence-corrected chi connectivity index (χ3v) is 6.17. The lowest BCUT2D eigenvalue weighted by Gasteiger charge is -2.37. The van der Waals surface area contributed by atoms with Gasteiger partial charge in [0.25, 0.3) is 5.91 Å². The molecule has 0 saturated carbocycles. The molecular weight excluding hydrogens is 401 g/mol. The third kappa shape index (κ3) is 3.34. The van der Waals surface area contributed by atoms with Crippen LogP contribution in [-0.2, 0) is 0 Å². The van der Waals surface area contributed by atoms with E-state index in [0.29, 0.717) is 17.7 Å². The van der Waals surface area contributed by atoms with Crippen molar-refractivity contribution in [2.24, 2.45) is 0 Å². The number of phenols is 1. The number of aromatic nitrogens is 1. The number of benzene rings is 2. The second kappa shape index (κ2) is 7.31. The standard InChI is InChI=1S/C20H19ClFN3O2S/c1-10-9-25(11(2)7-23-10)20(27)15-4-12(3-13-8-24-28-19(13)15)18-16(21)5-14(26)6-17(18)22/h3-6,8,10-11,23,26H,7,9H2,1-2H3/t10-,11+/m1/s1. The third-order valence-electron chi connectivity index (χ3n) is 5.02. The highest BCUT2D eigenvalue weighted by atomic mass is 35.5. The van der Waals surface area contributed by atoms with Crippen LogP contribution in [0, 0.1) is 5.82 Å². The second-order valence-corrected chi connectivity index (χ2v) is 8.38. The number of rotatable bonds is 2. The van der Waals surface area contributed by atoms with Crippen LogP contribution in [0.3, 0.4) is 0 Å². The number of nitrogens with one attached hydrogen (secondary N) is 1. The largest absolute Gasteiger partial charge is 0.508 e. The van der Waals surface area contributed by atoms with E-state index in [2.05, 4.69) is 9.69 Å². The topological polar surface area (TPSA) is 65.5 Å². The lowest BCUT2D eigenvalue weighted by molar-refractivity contribution is 0.0618. The second-order valence-electron chi connectivity index (χ2n) is 7.17. The molecule has 1 aliphatic rings. The Labute approximate surface area is 170 Å². The highest BCUT2D eigenvalue weighted by Gasteiger charge is 2.29. The van der Waals surface area contributed by atoms with E-state index >= 15 is 0 Å². The molecule has 2 N–H and O–H groups in total. The molecule has 1 fully saturated rings. The summed E-state index contributed by atoms with van der Waals surface area (Å²) in [7, 11) is 0. The van der Waals surface area contributed by atoms with Gasteiger partial charge in [-0.15, -0.1) is 0 Å². The Hall–Kier alpha value is -2.22. The zero-order chi connectivity index (χ0) is 20.0. The van der Waals surface area contributed by atoms with Gasteiger partial charge in [0.05, 0.1) is 15.3 Å². The highest BCUT2D eigenvalue weighted by Crippen LogP contribution is 2.37. The summed E-state index contributed by atoms with van der Waals surface area (Å²) >= 11 is 7.44. The number of piperazine rings is 1. The van der Waals surface area contributed by atoms with Crippen molar-refractivity contribution >= 4 is 39.1 Å². The molecule has 0 unspecified atom stereocenters. The normalized spacial score (nSPS) is 19.9. The number of hydrogen-bond acceptors (Lipinski definition) is 5. The molecule has 2 atom stereocenters. The van der Waals surface area contributed by atoms with Crippen LogP contribution in [0.2, 0.25) is 5.02 Å². The van der Waals surface area contributed by atoms with Gasteiger partial charge in [0.1, 0.15) is 11.6 Å². The van der Waals surface area contributed by atoms with E-state index in [1.54, 1.807) is 18.3 Å². The van der Waals surface area contributed by atoms with E-state index in [-0.39, 0.29) is 34.3 Å². The zero-order valence-electron chi connectivity index (χ0n) is 15.4. The molecule has 146 valence electrons. The van der Waals surface area contributed by atoms with Gasteiger partial charge >= 0.3 is 0 Å². The van der Waals surface area contributed by atoms with E-state index in [4.69, 9.17) is 11.6 Å². The number of carbonyl (C=O) groups excluding carboxylic acids is 1. The summed E-state index contributed by atoms with van der Waals surface area (Å²) in [6.45, 7) is 5.35. The fourth-order valence-corrected chi connectivity index (χ4v) is 4.63. The van der Waals surface area contributed by atoms with E-state index in [0.717, 1.165) is 22.7 Å². The molecule has 1 aliphatic heterocycles. The van der Waals surface area contributed by atoms with Crippen LogP contribution in [-0.4, -0.2) is 45.5 Å². The maximum absolute atomic E-state index is 14.6. The molecular formula is C20H19ClFN3O2S. The molecule has 1 aromatic heterocycles. The monoisotopic (exact) mass is 419 g/mol. The van der Waals surface area contributed by atoms with Crippen molar-refractivity contribution in [2.45, 2.75) is 25.9 Å². The maximum Gasteiger partial charge on any atom is 0.255 e.